The second-order valence-corrected chi connectivity index (χ2v) is 8.05. The van der Waals surface area contributed by atoms with Gasteiger partial charge in [0.1, 0.15) is 0 Å². The van der Waals surface area contributed by atoms with Crippen molar-refractivity contribution in [3.8, 4) is 0 Å². The first-order chi connectivity index (χ1) is 12.6. The van der Waals surface area contributed by atoms with Crippen molar-refractivity contribution in [2.45, 2.75) is 24.8 Å². The number of rotatable bonds is 5. The smallest absolute Gasteiger partial charge is 0.191 e. The third-order valence-electron chi connectivity index (χ3n) is 4.81. The summed E-state index contributed by atoms with van der Waals surface area (Å²) in [6.45, 7) is 2.94. The van der Waals surface area contributed by atoms with Crippen LogP contribution in [0, 0.1) is 0 Å². The number of halogens is 3. The van der Waals surface area contributed by atoms with Crippen molar-refractivity contribution in [3.05, 3.63) is 56.2 Å². The number of nitrogens with zero attached hydrogens (tertiary/aromatic N) is 1. The molecule has 3 rings (SSSR count). The fraction of sp³-hybridized carbons (Fsp3) is 0.421. The first kappa shape index (κ1) is 22.7. The van der Waals surface area contributed by atoms with E-state index in [1.807, 2.05) is 18.2 Å². The Morgan fingerprint density at radius 3 is 2.63 bits per heavy atom. The van der Waals surface area contributed by atoms with Crippen LogP contribution in [0.1, 0.15) is 24.0 Å². The molecule has 4 nitrogen and oxygen atoms in total. The molecule has 1 aliphatic heterocycles. The maximum absolute atomic E-state index is 6.53. The molecule has 0 radical (unpaired) electrons. The van der Waals surface area contributed by atoms with Gasteiger partial charge in [-0.2, -0.15) is 11.3 Å². The first-order valence-corrected chi connectivity index (χ1v) is 10.3. The van der Waals surface area contributed by atoms with Crippen molar-refractivity contribution in [1.29, 1.82) is 0 Å². The highest BCUT2D eigenvalue weighted by atomic mass is 127. The number of hydrogen-bond acceptors (Lipinski definition) is 3. The van der Waals surface area contributed by atoms with Gasteiger partial charge in [-0.1, -0.05) is 29.3 Å². The van der Waals surface area contributed by atoms with Gasteiger partial charge in [-0.25, -0.2) is 0 Å². The molecule has 1 saturated heterocycles. The Morgan fingerprint density at radius 2 is 2.00 bits per heavy atom. The van der Waals surface area contributed by atoms with Gasteiger partial charge in [-0.05, 0) is 52.9 Å². The highest BCUT2D eigenvalue weighted by Crippen LogP contribution is 2.39. The van der Waals surface area contributed by atoms with E-state index >= 15 is 0 Å². The van der Waals surface area contributed by atoms with Gasteiger partial charge in [0.25, 0.3) is 0 Å². The predicted octanol–water partition coefficient (Wildman–Crippen LogP) is 5.09. The first-order valence-electron chi connectivity index (χ1n) is 8.62. The normalized spacial score (nSPS) is 16.5. The Labute approximate surface area is 191 Å². The molecule has 0 aliphatic carbocycles. The van der Waals surface area contributed by atoms with Crippen LogP contribution in [0.4, 0.5) is 0 Å². The summed E-state index contributed by atoms with van der Waals surface area (Å²) in [6, 6.07) is 7.88. The molecule has 2 aromatic rings. The monoisotopic (exact) mass is 539 g/mol. The van der Waals surface area contributed by atoms with E-state index in [9.17, 15) is 0 Å². The van der Waals surface area contributed by atoms with E-state index in [1.54, 1.807) is 18.4 Å². The third kappa shape index (κ3) is 5.97. The number of aliphatic imine (C=N–C) groups is 1. The van der Waals surface area contributed by atoms with Gasteiger partial charge < -0.3 is 15.4 Å². The van der Waals surface area contributed by atoms with Crippen LogP contribution in [0.15, 0.2) is 40.0 Å². The molecule has 0 atom stereocenters. The molecule has 0 saturated carbocycles. The van der Waals surface area contributed by atoms with E-state index in [4.69, 9.17) is 27.9 Å². The zero-order chi connectivity index (χ0) is 18.4. The van der Waals surface area contributed by atoms with E-state index in [0.29, 0.717) is 10.0 Å². The topological polar surface area (TPSA) is 45.7 Å². The summed E-state index contributed by atoms with van der Waals surface area (Å²) >= 11 is 14.3. The van der Waals surface area contributed by atoms with Gasteiger partial charge in [-0.15, -0.1) is 24.0 Å². The second kappa shape index (κ2) is 10.9. The predicted molar refractivity (Wildman–Crippen MR) is 126 cm³/mol. The number of nitrogens with one attached hydrogen (secondary N) is 2. The fourth-order valence-electron chi connectivity index (χ4n) is 3.28. The minimum Gasteiger partial charge on any atom is -0.381 e. The lowest BCUT2D eigenvalue weighted by Gasteiger charge is -2.39. The molecule has 0 bridgehead atoms. The Morgan fingerprint density at radius 1 is 1.22 bits per heavy atom. The summed E-state index contributed by atoms with van der Waals surface area (Å²) < 4.78 is 5.60. The lowest BCUT2D eigenvalue weighted by atomic mass is 9.74. The van der Waals surface area contributed by atoms with E-state index in [1.165, 1.54) is 5.56 Å². The van der Waals surface area contributed by atoms with Crippen molar-refractivity contribution >= 4 is 64.5 Å². The van der Waals surface area contributed by atoms with Crippen LogP contribution < -0.4 is 10.6 Å². The van der Waals surface area contributed by atoms with Crippen LogP contribution in [-0.2, 0) is 16.7 Å². The number of thiophene rings is 1. The molecule has 27 heavy (non-hydrogen) atoms. The van der Waals surface area contributed by atoms with Gasteiger partial charge >= 0.3 is 0 Å². The highest BCUT2D eigenvalue weighted by Gasteiger charge is 2.36. The third-order valence-corrected chi connectivity index (χ3v) is 6.09. The van der Waals surface area contributed by atoms with E-state index in [0.717, 1.165) is 50.7 Å². The zero-order valence-electron chi connectivity index (χ0n) is 15.1. The molecule has 1 aromatic heterocycles. The van der Waals surface area contributed by atoms with Crippen LogP contribution in [0.3, 0.4) is 0 Å². The lowest BCUT2D eigenvalue weighted by Crippen LogP contribution is -2.48. The van der Waals surface area contributed by atoms with Gasteiger partial charge in [0.15, 0.2) is 5.96 Å². The summed E-state index contributed by atoms with van der Waals surface area (Å²) in [7, 11) is 1.79. The molecule has 8 heteroatoms. The largest absolute Gasteiger partial charge is 0.381 e. The molecule has 2 N–H and O–H groups in total. The average molecular weight is 540 g/mol. The Kier molecular flexibility index (Phi) is 9.14. The van der Waals surface area contributed by atoms with Crippen LogP contribution in [0.5, 0.6) is 0 Å². The molecular formula is C19H24Cl2IN3OS. The van der Waals surface area contributed by atoms with Crippen molar-refractivity contribution in [2.75, 3.05) is 26.8 Å². The quantitative estimate of drug-likeness (QED) is 0.316. The Balaban J connectivity index is 0.00000261. The fourth-order valence-corrected chi connectivity index (χ4v) is 4.55. The van der Waals surface area contributed by atoms with Gasteiger partial charge in [-0.3, -0.25) is 4.99 Å². The minimum atomic E-state index is -0.0973. The number of benzene rings is 1. The van der Waals surface area contributed by atoms with E-state index < -0.39 is 0 Å². The summed E-state index contributed by atoms with van der Waals surface area (Å²) in [4.78, 5) is 4.35. The maximum atomic E-state index is 6.53. The van der Waals surface area contributed by atoms with Gasteiger partial charge in [0.2, 0.25) is 0 Å². The maximum Gasteiger partial charge on any atom is 0.191 e. The molecule has 1 fully saturated rings. The molecule has 1 aliphatic rings. The number of ether oxygens (including phenoxy) is 1. The van der Waals surface area contributed by atoms with Crippen molar-refractivity contribution in [1.82, 2.24) is 10.6 Å². The second-order valence-electron chi connectivity index (χ2n) is 6.43. The van der Waals surface area contributed by atoms with Crippen LogP contribution in [0.2, 0.25) is 10.0 Å². The standard InChI is InChI=1S/C19H23Cl2N3OS.HI/c1-22-18(23-11-14-4-9-26-12-14)24-13-19(5-7-25-8-6-19)16-3-2-15(20)10-17(16)21;/h2-4,9-10,12H,5-8,11,13H2,1H3,(H2,22,23,24);1H. The summed E-state index contributed by atoms with van der Waals surface area (Å²) in [5.74, 6) is 0.784. The molecule has 1 aromatic carbocycles. The summed E-state index contributed by atoms with van der Waals surface area (Å²) in [5.41, 5.74) is 2.27. The molecule has 0 amide bonds. The lowest BCUT2D eigenvalue weighted by molar-refractivity contribution is 0.0514. The zero-order valence-corrected chi connectivity index (χ0v) is 19.8. The highest BCUT2D eigenvalue weighted by molar-refractivity contribution is 14.0. The van der Waals surface area contributed by atoms with Crippen LogP contribution >= 0.6 is 58.5 Å². The minimum absolute atomic E-state index is 0. The summed E-state index contributed by atoms with van der Waals surface area (Å²) in [6.07, 6.45) is 1.81. The molecule has 0 spiro atoms. The average Bonchev–Trinajstić information content (AvgIpc) is 3.16. The van der Waals surface area contributed by atoms with Crippen molar-refractivity contribution < 1.29 is 4.74 Å². The SMILES string of the molecule is CN=C(NCc1ccsc1)NCC1(c2ccc(Cl)cc2Cl)CCOCC1.I. The van der Waals surface area contributed by atoms with Crippen molar-refractivity contribution in [2.24, 2.45) is 4.99 Å². The van der Waals surface area contributed by atoms with Crippen molar-refractivity contribution in [3.63, 3.8) is 0 Å². The van der Waals surface area contributed by atoms with Gasteiger partial charge in [0.05, 0.1) is 0 Å². The molecule has 2 heterocycles. The number of guanidine groups is 1. The molecule has 148 valence electrons. The Hall–Kier alpha value is -0.540. The van der Waals surface area contributed by atoms with E-state index in [2.05, 4.69) is 32.5 Å². The molecular weight excluding hydrogens is 516 g/mol. The number of hydrogen-bond donors (Lipinski definition) is 2. The summed E-state index contributed by atoms with van der Waals surface area (Å²) in [5, 5.41) is 12.4. The Bertz CT molecular complexity index is 749. The van der Waals surface area contributed by atoms with E-state index in [-0.39, 0.29) is 29.4 Å². The van der Waals surface area contributed by atoms with Crippen LogP contribution in [-0.4, -0.2) is 32.8 Å². The van der Waals surface area contributed by atoms with Crippen LogP contribution in [0.25, 0.3) is 0 Å². The molecule has 0 unspecified atom stereocenters. The van der Waals surface area contributed by atoms with Gasteiger partial charge in [0, 0.05) is 48.8 Å².